The molecule has 27 heavy (non-hydrogen) atoms. The normalized spacial score (nSPS) is 11.4. The van der Waals surface area contributed by atoms with Crippen molar-refractivity contribution in [1.82, 2.24) is 14.9 Å². The summed E-state index contributed by atoms with van der Waals surface area (Å²) in [6, 6.07) is 9.50. The van der Waals surface area contributed by atoms with E-state index in [0.717, 1.165) is 4.88 Å². The fourth-order valence-electron chi connectivity index (χ4n) is 2.41. The summed E-state index contributed by atoms with van der Waals surface area (Å²) < 4.78 is 26.2. The van der Waals surface area contributed by atoms with E-state index in [2.05, 4.69) is 10.6 Å². The van der Waals surface area contributed by atoms with Crippen molar-refractivity contribution in [3.8, 4) is 0 Å². The van der Waals surface area contributed by atoms with Gasteiger partial charge < -0.3 is 10.6 Å². The summed E-state index contributed by atoms with van der Waals surface area (Å²) in [4.78, 5) is 25.1. The highest BCUT2D eigenvalue weighted by atomic mass is 32.2. The highest BCUT2D eigenvalue weighted by molar-refractivity contribution is 7.89. The van der Waals surface area contributed by atoms with Gasteiger partial charge in [-0.05, 0) is 35.7 Å². The SMILES string of the molecule is CCN(CC)S(=O)(=O)c1ccc(C(=O)NCC(=O)NCc2cccs2)cc1. The molecule has 0 unspecified atom stereocenters. The van der Waals surface area contributed by atoms with Gasteiger partial charge in [-0.3, -0.25) is 9.59 Å². The van der Waals surface area contributed by atoms with Gasteiger partial charge in [0, 0.05) is 23.5 Å². The highest BCUT2D eigenvalue weighted by Crippen LogP contribution is 2.16. The smallest absolute Gasteiger partial charge is 0.251 e. The Morgan fingerprint density at radius 1 is 1.04 bits per heavy atom. The van der Waals surface area contributed by atoms with E-state index in [1.165, 1.54) is 39.9 Å². The van der Waals surface area contributed by atoms with Gasteiger partial charge in [0.2, 0.25) is 15.9 Å². The Labute approximate surface area is 163 Å². The molecule has 1 heterocycles. The van der Waals surface area contributed by atoms with E-state index in [4.69, 9.17) is 0 Å². The standard InChI is InChI=1S/C18H23N3O4S2/c1-3-21(4-2)27(24,25)16-9-7-14(8-10-16)18(23)20-13-17(22)19-12-15-6-5-11-26-15/h5-11H,3-4,12-13H2,1-2H3,(H,19,22)(H,20,23). The lowest BCUT2D eigenvalue weighted by molar-refractivity contribution is -0.120. The molecule has 7 nitrogen and oxygen atoms in total. The van der Waals surface area contributed by atoms with Crippen LogP contribution in [0.5, 0.6) is 0 Å². The zero-order valence-corrected chi connectivity index (χ0v) is 16.9. The summed E-state index contributed by atoms with van der Waals surface area (Å²) in [6.07, 6.45) is 0. The molecule has 2 rings (SSSR count). The maximum atomic E-state index is 12.4. The Morgan fingerprint density at radius 2 is 1.70 bits per heavy atom. The summed E-state index contributed by atoms with van der Waals surface area (Å²) in [5.41, 5.74) is 0.291. The Hall–Kier alpha value is -2.23. The van der Waals surface area contributed by atoms with Crippen LogP contribution in [-0.4, -0.2) is 44.2 Å². The largest absolute Gasteiger partial charge is 0.350 e. The predicted molar refractivity (Wildman–Crippen MR) is 105 cm³/mol. The molecule has 0 aliphatic carbocycles. The van der Waals surface area contributed by atoms with Gasteiger partial charge >= 0.3 is 0 Å². The van der Waals surface area contributed by atoms with Crippen molar-refractivity contribution in [1.29, 1.82) is 0 Å². The number of hydrogen-bond acceptors (Lipinski definition) is 5. The summed E-state index contributed by atoms with van der Waals surface area (Å²) in [5.74, 6) is -0.731. The van der Waals surface area contributed by atoms with Crippen molar-refractivity contribution in [2.24, 2.45) is 0 Å². The second-order valence-corrected chi connectivity index (χ2v) is 8.62. The number of rotatable bonds is 9. The van der Waals surface area contributed by atoms with Crippen molar-refractivity contribution in [2.75, 3.05) is 19.6 Å². The summed E-state index contributed by atoms with van der Waals surface area (Å²) >= 11 is 1.54. The third-order valence-electron chi connectivity index (χ3n) is 3.91. The number of carbonyl (C=O) groups is 2. The fourth-order valence-corrected chi connectivity index (χ4v) is 4.52. The van der Waals surface area contributed by atoms with Gasteiger partial charge in [0.1, 0.15) is 0 Å². The van der Waals surface area contributed by atoms with Crippen LogP contribution in [0.2, 0.25) is 0 Å². The first-order valence-electron chi connectivity index (χ1n) is 8.56. The number of benzene rings is 1. The van der Waals surface area contributed by atoms with Gasteiger partial charge in [-0.2, -0.15) is 4.31 Å². The molecule has 2 amide bonds. The molecule has 0 aliphatic rings. The van der Waals surface area contributed by atoms with Crippen LogP contribution < -0.4 is 10.6 Å². The molecule has 0 radical (unpaired) electrons. The number of sulfonamides is 1. The summed E-state index contributed by atoms with van der Waals surface area (Å²) in [6.45, 7) is 4.57. The third-order valence-corrected chi connectivity index (χ3v) is 6.85. The molecular formula is C18H23N3O4S2. The van der Waals surface area contributed by atoms with Gasteiger partial charge in [0.05, 0.1) is 18.0 Å². The highest BCUT2D eigenvalue weighted by Gasteiger charge is 2.21. The lowest BCUT2D eigenvalue weighted by Crippen LogP contribution is -2.36. The predicted octanol–water partition coefficient (Wildman–Crippen LogP) is 1.82. The van der Waals surface area contributed by atoms with Crippen molar-refractivity contribution < 1.29 is 18.0 Å². The molecule has 9 heteroatoms. The van der Waals surface area contributed by atoms with Crippen molar-refractivity contribution in [3.63, 3.8) is 0 Å². The van der Waals surface area contributed by atoms with E-state index in [9.17, 15) is 18.0 Å². The van der Waals surface area contributed by atoms with E-state index in [1.807, 2.05) is 17.5 Å². The second kappa shape index (κ2) is 9.63. The number of thiophene rings is 1. The van der Waals surface area contributed by atoms with E-state index >= 15 is 0 Å². The van der Waals surface area contributed by atoms with Crippen LogP contribution in [-0.2, 0) is 21.4 Å². The first kappa shape index (κ1) is 21.1. The molecule has 0 saturated heterocycles. The molecule has 2 aromatic rings. The van der Waals surface area contributed by atoms with E-state index in [1.54, 1.807) is 13.8 Å². The zero-order valence-electron chi connectivity index (χ0n) is 15.3. The molecule has 0 atom stereocenters. The average Bonchev–Trinajstić information content (AvgIpc) is 3.19. The first-order valence-corrected chi connectivity index (χ1v) is 10.9. The Balaban J connectivity index is 1.90. The number of nitrogens with zero attached hydrogens (tertiary/aromatic N) is 1. The number of amides is 2. The quantitative estimate of drug-likeness (QED) is 0.660. The molecule has 0 bridgehead atoms. The topological polar surface area (TPSA) is 95.6 Å². The Bertz CT molecular complexity index is 859. The molecule has 2 N–H and O–H groups in total. The van der Waals surface area contributed by atoms with Crippen molar-refractivity contribution >= 4 is 33.2 Å². The third kappa shape index (κ3) is 5.62. The van der Waals surface area contributed by atoms with Gasteiger partial charge in [-0.25, -0.2) is 8.42 Å². The number of carbonyl (C=O) groups excluding carboxylic acids is 2. The van der Waals surface area contributed by atoms with Crippen molar-refractivity contribution in [2.45, 2.75) is 25.3 Å². The number of nitrogens with one attached hydrogen (secondary N) is 2. The molecular weight excluding hydrogens is 386 g/mol. The van der Waals surface area contributed by atoms with E-state index < -0.39 is 15.9 Å². The van der Waals surface area contributed by atoms with Gasteiger partial charge in [-0.1, -0.05) is 19.9 Å². The maximum absolute atomic E-state index is 12.4. The first-order chi connectivity index (χ1) is 12.9. The lowest BCUT2D eigenvalue weighted by Gasteiger charge is -2.18. The minimum atomic E-state index is -3.56. The molecule has 146 valence electrons. The van der Waals surface area contributed by atoms with Gasteiger partial charge in [0.15, 0.2) is 0 Å². The Morgan fingerprint density at radius 3 is 2.26 bits per heavy atom. The average molecular weight is 410 g/mol. The minimum Gasteiger partial charge on any atom is -0.350 e. The minimum absolute atomic E-state index is 0.136. The summed E-state index contributed by atoms with van der Waals surface area (Å²) in [5, 5.41) is 7.17. The second-order valence-electron chi connectivity index (χ2n) is 5.65. The molecule has 0 fully saturated rings. The summed E-state index contributed by atoms with van der Waals surface area (Å²) in [7, 11) is -3.56. The van der Waals surface area contributed by atoms with Crippen LogP contribution in [0.25, 0.3) is 0 Å². The maximum Gasteiger partial charge on any atom is 0.251 e. The van der Waals surface area contributed by atoms with E-state index in [-0.39, 0.29) is 17.3 Å². The molecule has 1 aromatic carbocycles. The van der Waals surface area contributed by atoms with Crippen LogP contribution in [0, 0.1) is 0 Å². The van der Waals surface area contributed by atoms with E-state index in [0.29, 0.717) is 25.2 Å². The lowest BCUT2D eigenvalue weighted by atomic mass is 10.2. The monoisotopic (exact) mass is 409 g/mol. The molecule has 1 aromatic heterocycles. The van der Waals surface area contributed by atoms with Crippen LogP contribution in [0.3, 0.4) is 0 Å². The van der Waals surface area contributed by atoms with Gasteiger partial charge in [-0.15, -0.1) is 11.3 Å². The fraction of sp³-hybridized carbons (Fsp3) is 0.333. The molecule has 0 saturated carbocycles. The van der Waals surface area contributed by atoms with Crippen LogP contribution in [0.1, 0.15) is 29.1 Å². The molecule has 0 aliphatic heterocycles. The van der Waals surface area contributed by atoms with Crippen LogP contribution in [0.4, 0.5) is 0 Å². The van der Waals surface area contributed by atoms with Crippen LogP contribution >= 0.6 is 11.3 Å². The number of hydrogen-bond donors (Lipinski definition) is 2. The van der Waals surface area contributed by atoms with Crippen molar-refractivity contribution in [3.05, 3.63) is 52.2 Å². The zero-order chi connectivity index (χ0) is 19.9. The van der Waals surface area contributed by atoms with Gasteiger partial charge in [0.25, 0.3) is 5.91 Å². The Kier molecular flexibility index (Phi) is 7.52. The molecule has 0 spiro atoms. The van der Waals surface area contributed by atoms with Crippen LogP contribution in [0.15, 0.2) is 46.7 Å².